The molecule has 1 rings (SSSR count). The van der Waals surface area contributed by atoms with E-state index < -0.39 is 35.0 Å². The maximum atomic E-state index is 11.4. The van der Waals surface area contributed by atoms with Crippen molar-refractivity contribution in [3.05, 3.63) is 0 Å². The van der Waals surface area contributed by atoms with E-state index in [1.54, 1.807) is 0 Å². The molecule has 1 heterocycles. The van der Waals surface area contributed by atoms with E-state index in [1.165, 1.54) is 0 Å². The molecule has 1 saturated heterocycles. The minimum absolute atomic E-state index is 0.122. The number of rotatable bonds is 9. The first-order valence-electron chi connectivity index (χ1n) is 8.42. The summed E-state index contributed by atoms with van der Waals surface area (Å²) in [4.78, 5) is 0. The van der Waals surface area contributed by atoms with E-state index in [4.69, 9.17) is 13.0 Å². The first-order valence-corrected chi connectivity index (χ1v) is 19.6. The predicted octanol–water partition coefficient (Wildman–Crippen LogP) is 3.36. The zero-order valence-electron chi connectivity index (χ0n) is 15.8. The Balaban J connectivity index is 2.48. The van der Waals surface area contributed by atoms with E-state index in [1.807, 2.05) is 0 Å². The summed E-state index contributed by atoms with van der Waals surface area (Å²) in [5.41, 5.74) is 0. The summed E-state index contributed by atoms with van der Waals surface area (Å²) < 4.78 is 41.5. The molecule has 23 heavy (non-hydrogen) atoms. The fraction of sp³-hybridized carbons (Fsp3) is 1.00. The Morgan fingerprint density at radius 2 is 1.48 bits per heavy atom. The summed E-state index contributed by atoms with van der Waals surface area (Å²) in [7, 11) is -8.38. The smallest absolute Gasteiger partial charge is 0.314 e. The molecule has 1 fully saturated rings. The molecule has 0 aromatic carbocycles. The lowest BCUT2D eigenvalue weighted by atomic mass is 10.3. The van der Waals surface area contributed by atoms with Crippen LogP contribution in [0.1, 0.15) is 12.8 Å². The molecule has 0 aromatic rings. The highest BCUT2D eigenvalue weighted by atomic mass is 32.2. The van der Waals surface area contributed by atoms with Crippen LogP contribution in [0.2, 0.25) is 51.9 Å². The van der Waals surface area contributed by atoms with Gasteiger partial charge in [-0.3, -0.25) is 0 Å². The van der Waals surface area contributed by atoms with Crippen molar-refractivity contribution in [1.29, 1.82) is 0 Å². The molecule has 138 valence electrons. The molecule has 1 aliphatic rings. The Bertz CT molecular complexity index is 466. The molecule has 0 bridgehead atoms. The van der Waals surface area contributed by atoms with Gasteiger partial charge >= 0.3 is 8.56 Å². The molecule has 9 heteroatoms. The average molecular weight is 399 g/mol. The second kappa shape index (κ2) is 7.79. The van der Waals surface area contributed by atoms with E-state index >= 15 is 0 Å². The molecule has 0 aliphatic carbocycles. The first-order chi connectivity index (χ1) is 10.2. The van der Waals surface area contributed by atoms with Crippen LogP contribution >= 0.6 is 0 Å². The summed E-state index contributed by atoms with van der Waals surface area (Å²) in [6.07, 6.45) is 1.38. The van der Waals surface area contributed by atoms with Crippen molar-refractivity contribution in [1.82, 2.24) is 0 Å². The molecule has 0 N–H and O–H groups in total. The number of ether oxygens (including phenoxy) is 1. The lowest BCUT2D eigenvalue weighted by molar-refractivity contribution is 0.0705. The summed E-state index contributed by atoms with van der Waals surface area (Å²) >= 11 is 0. The molecule has 1 aliphatic heterocycles. The van der Waals surface area contributed by atoms with Gasteiger partial charge in [0.25, 0.3) is 0 Å². The fourth-order valence-corrected chi connectivity index (χ4v) is 17.1. The fourth-order valence-electron chi connectivity index (χ4n) is 2.95. The van der Waals surface area contributed by atoms with Gasteiger partial charge < -0.3 is 13.0 Å². The van der Waals surface area contributed by atoms with Gasteiger partial charge in [-0.15, -0.1) is 0 Å². The van der Waals surface area contributed by atoms with Crippen molar-refractivity contribution < 1.29 is 21.4 Å². The van der Waals surface area contributed by atoms with E-state index in [0.717, 1.165) is 12.5 Å². The van der Waals surface area contributed by atoms with E-state index in [-0.39, 0.29) is 17.6 Å². The molecule has 1 atom stereocenters. The third-order valence-corrected chi connectivity index (χ3v) is 14.7. The molecular weight excluding hydrogens is 364 g/mol. The van der Waals surface area contributed by atoms with Crippen LogP contribution in [0.25, 0.3) is 0 Å². The van der Waals surface area contributed by atoms with Crippen LogP contribution in [0.5, 0.6) is 0 Å². The van der Waals surface area contributed by atoms with Crippen LogP contribution in [-0.4, -0.2) is 57.8 Å². The SMILES string of the molecule is C[Si](C)(C)O[Si](C)(CCCO[C@@H]1CCS(=O)(=O)C1)O[Si](C)(C)C. The van der Waals surface area contributed by atoms with Crippen LogP contribution in [0.15, 0.2) is 0 Å². The molecule has 0 spiro atoms. The van der Waals surface area contributed by atoms with E-state index in [0.29, 0.717) is 13.0 Å². The Morgan fingerprint density at radius 1 is 0.957 bits per heavy atom. The van der Waals surface area contributed by atoms with Crippen molar-refractivity contribution in [2.75, 3.05) is 18.1 Å². The summed E-state index contributed by atoms with van der Waals surface area (Å²) in [5.74, 6) is 0.445. The average Bonchev–Trinajstić information content (AvgIpc) is 2.59. The molecule has 0 unspecified atom stereocenters. The van der Waals surface area contributed by atoms with Crippen LogP contribution < -0.4 is 0 Å². The largest absolute Gasteiger partial charge is 0.437 e. The zero-order chi connectivity index (χ0) is 17.9. The van der Waals surface area contributed by atoms with Crippen molar-refractivity contribution in [3.63, 3.8) is 0 Å². The molecule has 0 aromatic heterocycles. The minimum atomic E-state index is -2.86. The molecule has 0 saturated carbocycles. The summed E-state index contributed by atoms with van der Waals surface area (Å²) in [6.45, 7) is 16.0. The molecular formula is C14H34O5SSi3. The second-order valence-electron chi connectivity index (χ2n) is 8.56. The van der Waals surface area contributed by atoms with Gasteiger partial charge in [-0.2, -0.15) is 0 Å². The van der Waals surface area contributed by atoms with Crippen LogP contribution in [0, 0.1) is 0 Å². The Labute approximate surface area is 145 Å². The lowest BCUT2D eigenvalue weighted by Crippen LogP contribution is -2.52. The summed E-state index contributed by atoms with van der Waals surface area (Å²) in [6, 6.07) is 0.904. The third kappa shape index (κ3) is 9.52. The Hall–Kier alpha value is 0.481. The monoisotopic (exact) mass is 398 g/mol. The van der Waals surface area contributed by atoms with Crippen molar-refractivity contribution >= 4 is 35.0 Å². The molecule has 5 nitrogen and oxygen atoms in total. The van der Waals surface area contributed by atoms with Crippen molar-refractivity contribution in [2.24, 2.45) is 0 Å². The van der Waals surface area contributed by atoms with Gasteiger partial charge in [-0.1, -0.05) is 0 Å². The number of hydrogen-bond acceptors (Lipinski definition) is 5. The van der Waals surface area contributed by atoms with E-state index in [9.17, 15) is 8.42 Å². The minimum Gasteiger partial charge on any atom is -0.437 e. The van der Waals surface area contributed by atoms with Gasteiger partial charge in [-0.05, 0) is 64.7 Å². The van der Waals surface area contributed by atoms with Crippen molar-refractivity contribution in [3.8, 4) is 0 Å². The quantitative estimate of drug-likeness (QED) is 0.440. The van der Waals surface area contributed by atoms with Crippen molar-refractivity contribution in [2.45, 2.75) is 70.8 Å². The van der Waals surface area contributed by atoms with Crippen LogP contribution in [0.4, 0.5) is 0 Å². The number of sulfone groups is 1. The highest BCUT2D eigenvalue weighted by Crippen LogP contribution is 2.25. The van der Waals surface area contributed by atoms with Crippen LogP contribution in [-0.2, 0) is 22.8 Å². The zero-order valence-corrected chi connectivity index (χ0v) is 19.6. The van der Waals surface area contributed by atoms with Gasteiger partial charge in [-0.25, -0.2) is 8.42 Å². The highest BCUT2D eigenvalue weighted by Gasteiger charge is 2.39. The topological polar surface area (TPSA) is 61.8 Å². The van der Waals surface area contributed by atoms with E-state index in [2.05, 4.69) is 45.8 Å². The van der Waals surface area contributed by atoms with Gasteiger partial charge in [0, 0.05) is 6.61 Å². The second-order valence-corrected chi connectivity index (χ2v) is 23.6. The van der Waals surface area contributed by atoms with Gasteiger partial charge in [0.15, 0.2) is 26.5 Å². The lowest BCUT2D eigenvalue weighted by Gasteiger charge is -2.38. The molecule has 0 radical (unpaired) electrons. The predicted molar refractivity (Wildman–Crippen MR) is 103 cm³/mol. The van der Waals surface area contributed by atoms with Gasteiger partial charge in [0.1, 0.15) is 0 Å². The maximum Gasteiger partial charge on any atom is 0.314 e. The number of hydrogen-bond donors (Lipinski definition) is 0. The molecule has 0 amide bonds. The van der Waals surface area contributed by atoms with Gasteiger partial charge in [0.2, 0.25) is 0 Å². The Morgan fingerprint density at radius 3 is 1.87 bits per heavy atom. The van der Waals surface area contributed by atoms with Crippen LogP contribution in [0.3, 0.4) is 0 Å². The normalized spacial score (nSPS) is 22.5. The maximum absolute atomic E-state index is 11.4. The third-order valence-electron chi connectivity index (χ3n) is 3.36. The first kappa shape index (κ1) is 21.5. The standard InChI is InChI=1S/C14H34O5SSi3/c1-21(2,3)18-23(7,19-22(4,5)6)12-8-10-17-14-9-11-20(15,16)13-14/h14H,8-13H2,1-7H3/t14-/m1/s1. The highest BCUT2D eigenvalue weighted by molar-refractivity contribution is 7.91. The summed E-state index contributed by atoms with van der Waals surface area (Å²) in [5, 5.41) is 0. The van der Waals surface area contributed by atoms with Gasteiger partial charge in [0.05, 0.1) is 17.6 Å². The Kier molecular flexibility index (Phi) is 7.29.